The first-order chi connectivity index (χ1) is 9.82. The summed E-state index contributed by atoms with van der Waals surface area (Å²) in [7, 11) is 0. The number of nitrogens with two attached hydrogens (primary N) is 1. The fourth-order valence-electron chi connectivity index (χ4n) is 2.15. The minimum absolute atomic E-state index is 0.139. The second-order valence-electron chi connectivity index (χ2n) is 5.99. The summed E-state index contributed by atoms with van der Waals surface area (Å²) in [5, 5.41) is 0. The molecular formula is C16H19Br2N3. The lowest BCUT2D eigenvalue weighted by molar-refractivity contribution is 0.586. The molecule has 2 aromatic rings. The highest BCUT2D eigenvalue weighted by atomic mass is 79.9. The van der Waals surface area contributed by atoms with Crippen LogP contribution in [0.3, 0.4) is 0 Å². The van der Waals surface area contributed by atoms with Gasteiger partial charge < -0.3 is 0 Å². The van der Waals surface area contributed by atoms with Crippen molar-refractivity contribution in [1.82, 2.24) is 10.4 Å². The maximum absolute atomic E-state index is 5.75. The van der Waals surface area contributed by atoms with Gasteiger partial charge in [-0.25, -0.2) is 5.43 Å². The van der Waals surface area contributed by atoms with Gasteiger partial charge in [-0.1, -0.05) is 45.0 Å². The lowest BCUT2D eigenvalue weighted by Gasteiger charge is -2.21. The van der Waals surface area contributed by atoms with Crippen LogP contribution in [0.15, 0.2) is 45.5 Å². The molecular weight excluding hydrogens is 394 g/mol. The molecule has 2 rings (SSSR count). The highest BCUT2D eigenvalue weighted by molar-refractivity contribution is 9.11. The molecule has 112 valence electrons. The van der Waals surface area contributed by atoms with Crippen molar-refractivity contribution in [3.8, 4) is 0 Å². The summed E-state index contributed by atoms with van der Waals surface area (Å²) in [6, 6.07) is 10.3. The number of aromatic nitrogens is 1. The molecule has 3 N–H and O–H groups in total. The largest absolute Gasteiger partial charge is 0.271 e. The Balaban J connectivity index is 2.37. The number of hydrogen-bond donors (Lipinski definition) is 2. The molecule has 0 fully saturated rings. The topological polar surface area (TPSA) is 50.9 Å². The minimum atomic E-state index is -0.151. The predicted molar refractivity (Wildman–Crippen MR) is 93.9 cm³/mol. The van der Waals surface area contributed by atoms with Gasteiger partial charge in [0, 0.05) is 15.1 Å². The molecule has 0 bridgehead atoms. The molecule has 1 atom stereocenters. The SMILES string of the molecule is CC(C)(C)c1ccc(C(NN)c2ncc(Br)cc2Br)cc1. The fraction of sp³-hybridized carbons (Fsp3) is 0.312. The molecule has 1 unspecified atom stereocenters. The Morgan fingerprint density at radius 3 is 2.24 bits per heavy atom. The monoisotopic (exact) mass is 411 g/mol. The molecule has 3 nitrogen and oxygen atoms in total. The van der Waals surface area contributed by atoms with E-state index in [4.69, 9.17) is 5.84 Å². The average Bonchev–Trinajstić information content (AvgIpc) is 2.41. The van der Waals surface area contributed by atoms with Crippen molar-refractivity contribution >= 4 is 31.9 Å². The summed E-state index contributed by atoms with van der Waals surface area (Å²) in [6.45, 7) is 6.61. The maximum Gasteiger partial charge on any atom is 0.0892 e. The third kappa shape index (κ3) is 3.92. The summed E-state index contributed by atoms with van der Waals surface area (Å²) in [4.78, 5) is 4.46. The number of nitrogens with zero attached hydrogens (tertiary/aromatic N) is 1. The third-order valence-electron chi connectivity index (χ3n) is 3.39. The van der Waals surface area contributed by atoms with Crippen molar-refractivity contribution in [2.75, 3.05) is 0 Å². The molecule has 0 spiro atoms. The van der Waals surface area contributed by atoms with Crippen LogP contribution < -0.4 is 11.3 Å². The van der Waals surface area contributed by atoms with E-state index in [0.29, 0.717) is 0 Å². The Morgan fingerprint density at radius 2 is 1.76 bits per heavy atom. The second-order valence-corrected chi connectivity index (χ2v) is 7.76. The van der Waals surface area contributed by atoms with Crippen molar-refractivity contribution in [3.05, 3.63) is 62.3 Å². The Bertz CT molecular complexity index is 618. The molecule has 0 saturated carbocycles. The molecule has 0 aliphatic rings. The number of hydrogen-bond acceptors (Lipinski definition) is 3. The van der Waals surface area contributed by atoms with E-state index in [2.05, 4.69) is 87.3 Å². The Morgan fingerprint density at radius 1 is 1.14 bits per heavy atom. The van der Waals surface area contributed by atoms with E-state index >= 15 is 0 Å². The van der Waals surface area contributed by atoms with Crippen molar-refractivity contribution < 1.29 is 0 Å². The number of benzene rings is 1. The van der Waals surface area contributed by atoms with Crippen LogP contribution in [-0.4, -0.2) is 4.98 Å². The number of halogens is 2. The summed E-state index contributed by atoms with van der Waals surface area (Å²) in [5.41, 5.74) is 6.23. The van der Waals surface area contributed by atoms with Crippen LogP contribution in [0.4, 0.5) is 0 Å². The molecule has 21 heavy (non-hydrogen) atoms. The maximum atomic E-state index is 5.75. The third-order valence-corrected chi connectivity index (χ3v) is 4.46. The van der Waals surface area contributed by atoms with Crippen LogP contribution in [0.25, 0.3) is 0 Å². The molecule has 1 aromatic carbocycles. The van der Waals surface area contributed by atoms with Gasteiger partial charge in [-0.3, -0.25) is 10.8 Å². The molecule has 0 radical (unpaired) electrons. The van der Waals surface area contributed by atoms with Crippen molar-refractivity contribution in [1.29, 1.82) is 0 Å². The number of nitrogens with one attached hydrogen (secondary N) is 1. The minimum Gasteiger partial charge on any atom is -0.271 e. The van der Waals surface area contributed by atoms with Gasteiger partial charge in [0.05, 0.1) is 11.7 Å². The van der Waals surface area contributed by atoms with Gasteiger partial charge in [0.15, 0.2) is 0 Å². The molecule has 0 amide bonds. The molecule has 0 aliphatic carbocycles. The van der Waals surface area contributed by atoms with Crippen LogP contribution in [-0.2, 0) is 5.41 Å². The zero-order chi connectivity index (χ0) is 15.6. The van der Waals surface area contributed by atoms with Crippen molar-refractivity contribution in [3.63, 3.8) is 0 Å². The lowest BCUT2D eigenvalue weighted by atomic mass is 9.86. The normalized spacial score (nSPS) is 13.2. The zero-order valence-corrected chi connectivity index (χ0v) is 15.5. The van der Waals surface area contributed by atoms with E-state index in [1.165, 1.54) is 5.56 Å². The summed E-state index contributed by atoms with van der Waals surface area (Å²) >= 11 is 6.95. The first-order valence-corrected chi connectivity index (χ1v) is 8.29. The predicted octanol–water partition coefficient (Wildman–Crippen LogP) is 4.46. The smallest absolute Gasteiger partial charge is 0.0892 e. The van der Waals surface area contributed by atoms with Gasteiger partial charge in [0.1, 0.15) is 0 Å². The summed E-state index contributed by atoms with van der Waals surface area (Å²) in [6.07, 6.45) is 1.77. The van der Waals surface area contributed by atoms with Crippen LogP contribution in [0.2, 0.25) is 0 Å². The van der Waals surface area contributed by atoms with Crippen LogP contribution >= 0.6 is 31.9 Å². The van der Waals surface area contributed by atoms with Crippen LogP contribution in [0.5, 0.6) is 0 Å². The fourth-order valence-corrected chi connectivity index (χ4v) is 3.36. The van der Waals surface area contributed by atoms with E-state index in [0.717, 1.165) is 20.2 Å². The zero-order valence-electron chi connectivity index (χ0n) is 12.3. The molecule has 1 aromatic heterocycles. The van der Waals surface area contributed by atoms with E-state index < -0.39 is 0 Å². The van der Waals surface area contributed by atoms with E-state index in [1.807, 2.05) is 6.07 Å². The molecule has 0 aliphatic heterocycles. The van der Waals surface area contributed by atoms with E-state index in [1.54, 1.807) is 6.20 Å². The number of rotatable bonds is 3. The highest BCUT2D eigenvalue weighted by Crippen LogP contribution is 2.30. The van der Waals surface area contributed by atoms with E-state index in [-0.39, 0.29) is 11.5 Å². The Hall–Kier alpha value is -0.750. The Labute approximate surface area is 142 Å². The van der Waals surface area contributed by atoms with Crippen molar-refractivity contribution in [2.45, 2.75) is 32.2 Å². The first-order valence-electron chi connectivity index (χ1n) is 6.70. The second kappa shape index (κ2) is 6.57. The highest BCUT2D eigenvalue weighted by Gasteiger charge is 2.19. The average molecular weight is 413 g/mol. The number of hydrazine groups is 1. The van der Waals surface area contributed by atoms with Gasteiger partial charge in [0.25, 0.3) is 0 Å². The van der Waals surface area contributed by atoms with Gasteiger partial charge in [-0.15, -0.1) is 0 Å². The van der Waals surface area contributed by atoms with E-state index in [9.17, 15) is 0 Å². The quantitative estimate of drug-likeness (QED) is 0.578. The lowest BCUT2D eigenvalue weighted by Crippen LogP contribution is -2.30. The molecule has 0 saturated heterocycles. The van der Waals surface area contributed by atoms with Gasteiger partial charge in [-0.2, -0.15) is 0 Å². The van der Waals surface area contributed by atoms with Gasteiger partial charge in [0.2, 0.25) is 0 Å². The summed E-state index contributed by atoms with van der Waals surface area (Å²) in [5.74, 6) is 5.75. The number of pyridine rings is 1. The standard InChI is InChI=1S/C16H19Br2N3/c1-16(2,3)11-6-4-10(5-7-11)14(21-19)15-13(18)8-12(17)9-20-15/h4-9,14,21H,19H2,1-3H3. The van der Waals surface area contributed by atoms with Crippen LogP contribution in [0.1, 0.15) is 43.6 Å². The van der Waals surface area contributed by atoms with Gasteiger partial charge in [-0.05, 0) is 54.5 Å². The first kappa shape index (κ1) is 16.6. The van der Waals surface area contributed by atoms with Gasteiger partial charge >= 0.3 is 0 Å². The van der Waals surface area contributed by atoms with Crippen LogP contribution in [0, 0.1) is 0 Å². The molecule has 5 heteroatoms. The Kier molecular flexibility index (Phi) is 5.20. The molecule has 1 heterocycles. The summed E-state index contributed by atoms with van der Waals surface area (Å²) < 4.78 is 1.84. The van der Waals surface area contributed by atoms with Crippen molar-refractivity contribution in [2.24, 2.45) is 5.84 Å².